The molecule has 31 heavy (non-hydrogen) atoms. The zero-order valence-corrected chi connectivity index (χ0v) is 18.4. The maximum atomic E-state index is 12.6. The number of esters is 1. The summed E-state index contributed by atoms with van der Waals surface area (Å²) >= 11 is 0. The van der Waals surface area contributed by atoms with Gasteiger partial charge in [0.05, 0.1) is 32.0 Å². The fraction of sp³-hybridized carbons (Fsp3) is 0.360. The van der Waals surface area contributed by atoms with E-state index in [4.69, 9.17) is 14.2 Å². The normalized spacial score (nSPS) is 14.4. The number of benzene rings is 2. The number of rotatable bonds is 11. The molecule has 2 rings (SSSR count). The Morgan fingerprint density at radius 3 is 2.29 bits per heavy atom. The number of carbonyl (C=O) groups excluding carboxylic acids is 2. The molecule has 0 amide bonds. The Hall–Kier alpha value is -2.96. The molecule has 3 atom stereocenters. The zero-order valence-electron chi connectivity index (χ0n) is 18.4. The first-order chi connectivity index (χ1) is 14.8. The smallest absolute Gasteiger partial charge is 0.338 e. The second kappa shape index (κ2) is 12.0. The minimum atomic E-state index is -0.991. The first-order valence-electron chi connectivity index (χ1n) is 10.2. The van der Waals surface area contributed by atoms with Crippen molar-refractivity contribution in [3.63, 3.8) is 0 Å². The molecule has 0 aliphatic carbocycles. The fourth-order valence-corrected chi connectivity index (χ4v) is 2.99. The Morgan fingerprint density at radius 2 is 1.68 bits per heavy atom. The lowest BCUT2D eigenvalue weighted by atomic mass is 9.92. The number of ketones is 1. The largest absolute Gasteiger partial charge is 0.497 e. The summed E-state index contributed by atoms with van der Waals surface area (Å²) < 4.78 is 16.0. The highest BCUT2D eigenvalue weighted by Gasteiger charge is 2.29. The van der Waals surface area contributed by atoms with Crippen LogP contribution in [0.3, 0.4) is 0 Å². The summed E-state index contributed by atoms with van der Waals surface area (Å²) in [6.45, 7) is 5.60. The van der Waals surface area contributed by atoms with E-state index in [9.17, 15) is 14.7 Å². The summed E-state index contributed by atoms with van der Waals surface area (Å²) in [5, 5.41) is 10.5. The topological polar surface area (TPSA) is 82.1 Å². The number of hydrogen-bond acceptors (Lipinski definition) is 6. The van der Waals surface area contributed by atoms with Gasteiger partial charge in [-0.1, -0.05) is 43.3 Å². The molecule has 2 aromatic rings. The van der Waals surface area contributed by atoms with Crippen LogP contribution in [0.15, 0.2) is 66.2 Å². The number of Topliss-reactive ketones (excluding diaryl/α,β-unsaturated/α-hetero) is 1. The lowest BCUT2D eigenvalue weighted by molar-refractivity contribution is -0.133. The van der Waals surface area contributed by atoms with Gasteiger partial charge >= 0.3 is 5.97 Å². The molecule has 0 saturated carbocycles. The van der Waals surface area contributed by atoms with E-state index in [2.05, 4.69) is 0 Å². The molecule has 0 aromatic heterocycles. The van der Waals surface area contributed by atoms with Crippen molar-refractivity contribution in [2.75, 3.05) is 13.7 Å². The molecule has 0 spiro atoms. The first-order valence-corrected chi connectivity index (χ1v) is 10.2. The van der Waals surface area contributed by atoms with Crippen LogP contribution in [-0.4, -0.2) is 42.8 Å². The quantitative estimate of drug-likeness (QED) is 0.333. The van der Waals surface area contributed by atoms with Gasteiger partial charge in [-0.25, -0.2) is 4.79 Å². The molecule has 0 saturated heterocycles. The lowest BCUT2D eigenvalue weighted by Gasteiger charge is -2.22. The standard InChI is InChI=1S/C25H30O6/c1-17(14-15-30-16-20-10-12-22(29-4)13-11-20)23(26)18(2)24(27)19(3)31-25(28)21-8-6-5-7-9-21/h5-14,18-19,23,26H,15-16H2,1-4H3. The van der Waals surface area contributed by atoms with Gasteiger partial charge in [0, 0.05) is 5.92 Å². The highest BCUT2D eigenvalue weighted by molar-refractivity contribution is 5.93. The van der Waals surface area contributed by atoms with E-state index in [1.807, 2.05) is 24.3 Å². The van der Waals surface area contributed by atoms with Gasteiger partial charge in [-0.15, -0.1) is 0 Å². The van der Waals surface area contributed by atoms with E-state index < -0.39 is 24.1 Å². The summed E-state index contributed by atoms with van der Waals surface area (Å²) in [5.74, 6) is -0.854. The van der Waals surface area contributed by atoms with Gasteiger partial charge in [-0.3, -0.25) is 4.79 Å². The average molecular weight is 427 g/mol. The molecule has 0 aliphatic rings. The Balaban J connectivity index is 1.82. The molecule has 166 valence electrons. The number of aliphatic hydroxyl groups excluding tert-OH is 1. The van der Waals surface area contributed by atoms with Crippen LogP contribution in [0.5, 0.6) is 5.75 Å². The molecule has 0 radical (unpaired) electrons. The number of carbonyl (C=O) groups is 2. The molecule has 0 heterocycles. The molecule has 0 aliphatic heterocycles. The van der Waals surface area contributed by atoms with Crippen LogP contribution in [0, 0.1) is 5.92 Å². The second-order valence-electron chi connectivity index (χ2n) is 7.36. The lowest BCUT2D eigenvalue weighted by Crippen LogP contribution is -2.35. The molecule has 2 aromatic carbocycles. The predicted octanol–water partition coefficient (Wildman–Crippen LogP) is 3.97. The Kier molecular flexibility index (Phi) is 9.43. The van der Waals surface area contributed by atoms with Crippen molar-refractivity contribution >= 4 is 11.8 Å². The number of ether oxygens (including phenoxy) is 3. The monoisotopic (exact) mass is 426 g/mol. The molecule has 0 bridgehead atoms. The van der Waals surface area contributed by atoms with Gasteiger partial charge in [0.25, 0.3) is 0 Å². The van der Waals surface area contributed by atoms with Crippen molar-refractivity contribution < 1.29 is 28.9 Å². The Bertz CT molecular complexity index is 873. The van der Waals surface area contributed by atoms with Crippen LogP contribution >= 0.6 is 0 Å². The fourth-order valence-electron chi connectivity index (χ4n) is 2.99. The van der Waals surface area contributed by atoms with E-state index in [0.717, 1.165) is 11.3 Å². The minimum Gasteiger partial charge on any atom is -0.497 e. The number of hydrogen-bond donors (Lipinski definition) is 1. The van der Waals surface area contributed by atoms with Crippen molar-refractivity contribution in [1.29, 1.82) is 0 Å². The van der Waals surface area contributed by atoms with Gasteiger partial charge in [-0.2, -0.15) is 0 Å². The van der Waals surface area contributed by atoms with Gasteiger partial charge in [0.15, 0.2) is 11.9 Å². The van der Waals surface area contributed by atoms with Crippen molar-refractivity contribution in [3.05, 3.63) is 77.4 Å². The van der Waals surface area contributed by atoms with E-state index in [0.29, 0.717) is 24.4 Å². The number of aliphatic hydroxyl groups is 1. The van der Waals surface area contributed by atoms with Crippen LogP contribution in [-0.2, 0) is 20.9 Å². The van der Waals surface area contributed by atoms with Crippen molar-refractivity contribution in [3.8, 4) is 5.75 Å². The van der Waals surface area contributed by atoms with Gasteiger partial charge in [-0.05, 0) is 49.2 Å². The average Bonchev–Trinajstić information content (AvgIpc) is 2.81. The van der Waals surface area contributed by atoms with Crippen molar-refractivity contribution in [1.82, 2.24) is 0 Å². The molecular formula is C25H30O6. The highest BCUT2D eigenvalue weighted by Crippen LogP contribution is 2.17. The predicted molar refractivity (Wildman–Crippen MR) is 118 cm³/mol. The maximum absolute atomic E-state index is 12.6. The Labute approximate surface area is 183 Å². The molecule has 6 heteroatoms. The van der Waals surface area contributed by atoms with Gasteiger partial charge in [0.1, 0.15) is 5.75 Å². The second-order valence-corrected chi connectivity index (χ2v) is 7.36. The van der Waals surface area contributed by atoms with Crippen molar-refractivity contribution in [2.45, 2.75) is 39.6 Å². The number of methoxy groups -OCH3 is 1. The minimum absolute atomic E-state index is 0.300. The third-order valence-electron chi connectivity index (χ3n) is 5.03. The van der Waals surface area contributed by atoms with E-state index in [1.165, 1.54) is 6.92 Å². The summed E-state index contributed by atoms with van der Waals surface area (Å²) in [6.07, 6.45) is -0.204. The first kappa shape index (κ1) is 24.3. The van der Waals surface area contributed by atoms with Gasteiger partial charge < -0.3 is 19.3 Å². The van der Waals surface area contributed by atoms with Crippen LogP contribution in [0.1, 0.15) is 36.7 Å². The molecule has 1 N–H and O–H groups in total. The molecule has 3 unspecified atom stereocenters. The summed E-state index contributed by atoms with van der Waals surface area (Å²) in [5.41, 5.74) is 2.00. The third kappa shape index (κ3) is 7.35. The molecular weight excluding hydrogens is 396 g/mol. The van der Waals surface area contributed by atoms with E-state index >= 15 is 0 Å². The van der Waals surface area contributed by atoms with Crippen LogP contribution in [0.4, 0.5) is 0 Å². The summed E-state index contributed by atoms with van der Waals surface area (Å²) in [4.78, 5) is 24.8. The highest BCUT2D eigenvalue weighted by atomic mass is 16.5. The zero-order chi connectivity index (χ0) is 22.8. The SMILES string of the molecule is COc1ccc(COCC=C(C)C(O)C(C)C(=O)C(C)OC(=O)c2ccccc2)cc1. The van der Waals surface area contributed by atoms with E-state index in [1.54, 1.807) is 57.4 Å². The summed E-state index contributed by atoms with van der Waals surface area (Å²) in [7, 11) is 1.62. The maximum Gasteiger partial charge on any atom is 0.338 e. The Morgan fingerprint density at radius 1 is 1.03 bits per heavy atom. The van der Waals surface area contributed by atoms with Crippen LogP contribution in [0.25, 0.3) is 0 Å². The van der Waals surface area contributed by atoms with Crippen molar-refractivity contribution in [2.24, 2.45) is 5.92 Å². The summed E-state index contributed by atoms with van der Waals surface area (Å²) in [6, 6.07) is 16.0. The molecule has 0 fully saturated rings. The van der Waals surface area contributed by atoms with E-state index in [-0.39, 0.29) is 5.78 Å². The van der Waals surface area contributed by atoms with Crippen LogP contribution in [0.2, 0.25) is 0 Å². The third-order valence-corrected chi connectivity index (χ3v) is 5.03. The van der Waals surface area contributed by atoms with Crippen LogP contribution < -0.4 is 4.74 Å². The molecule has 6 nitrogen and oxygen atoms in total. The van der Waals surface area contributed by atoms with Gasteiger partial charge in [0.2, 0.25) is 0 Å².